The van der Waals surface area contributed by atoms with Crippen LogP contribution in [0.5, 0.6) is 0 Å². The smallest absolute Gasteiger partial charge is 0.298 e. The van der Waals surface area contributed by atoms with Crippen molar-refractivity contribution in [2.45, 2.75) is 45.4 Å². The lowest BCUT2D eigenvalue weighted by atomic mass is 10.0. The van der Waals surface area contributed by atoms with Gasteiger partial charge in [-0.3, -0.25) is 4.90 Å². The third kappa shape index (κ3) is 2.47. The fourth-order valence-corrected chi connectivity index (χ4v) is 2.62. The number of nitrogens with zero attached hydrogens (tertiary/aromatic N) is 2. The lowest BCUT2D eigenvalue weighted by Gasteiger charge is -2.33. The van der Waals surface area contributed by atoms with E-state index in [9.17, 15) is 4.39 Å². The maximum Gasteiger partial charge on any atom is 0.303 e. The molecule has 1 N–H and O–H groups in total. The standard InChI is InChI=1S/C12H19ClFN3/c1-8(2)16-5-4-11(10(14)7-16)17-12(13)9(3)6-15-17/h6,8,10-11H,4-5,7H2,1-3H3/p+1/t10-,11-/m0/s1. The van der Waals surface area contributed by atoms with Crippen LogP contribution < -0.4 is 4.68 Å². The zero-order valence-corrected chi connectivity index (χ0v) is 11.3. The van der Waals surface area contributed by atoms with Crippen molar-refractivity contribution < 1.29 is 9.07 Å². The average Bonchev–Trinajstić information content (AvgIpc) is 2.60. The average molecular weight is 261 g/mol. The largest absolute Gasteiger partial charge is 0.303 e. The van der Waals surface area contributed by atoms with Crippen LogP contribution in [0.2, 0.25) is 5.15 Å². The molecule has 0 radical (unpaired) electrons. The lowest BCUT2D eigenvalue weighted by Crippen LogP contribution is -2.55. The summed E-state index contributed by atoms with van der Waals surface area (Å²) in [6.45, 7) is 7.54. The van der Waals surface area contributed by atoms with Crippen molar-refractivity contribution >= 4 is 11.6 Å². The van der Waals surface area contributed by atoms with Gasteiger partial charge in [0.1, 0.15) is 0 Å². The molecule has 2 atom stereocenters. The van der Waals surface area contributed by atoms with E-state index in [-0.39, 0.29) is 6.04 Å². The number of hydrogen-bond acceptors (Lipinski definition) is 1. The topological polar surface area (TPSA) is 22.9 Å². The maximum atomic E-state index is 14.2. The Morgan fingerprint density at radius 1 is 1.59 bits per heavy atom. The van der Waals surface area contributed by atoms with Gasteiger partial charge in [-0.1, -0.05) is 4.68 Å². The van der Waals surface area contributed by atoms with Crippen molar-refractivity contribution in [3.63, 3.8) is 0 Å². The van der Waals surface area contributed by atoms with Gasteiger partial charge in [0, 0.05) is 25.6 Å². The van der Waals surface area contributed by atoms with E-state index in [1.54, 1.807) is 4.68 Å². The molecule has 0 amide bonds. The second-order valence-corrected chi connectivity index (χ2v) is 5.44. The molecule has 2 rings (SSSR count). The van der Waals surface area contributed by atoms with E-state index >= 15 is 0 Å². The quantitative estimate of drug-likeness (QED) is 0.810. The summed E-state index contributed by atoms with van der Waals surface area (Å²) in [5.74, 6) is 0. The Balaban J connectivity index is 2.12. The number of likely N-dealkylation sites (tertiary alicyclic amines) is 1. The molecular weight excluding hydrogens is 241 g/mol. The molecule has 0 bridgehead atoms. The number of halogens is 2. The third-order valence-corrected chi connectivity index (χ3v) is 4.04. The summed E-state index contributed by atoms with van der Waals surface area (Å²) in [7, 11) is 0. The van der Waals surface area contributed by atoms with Gasteiger partial charge in [-0.2, -0.15) is 5.10 Å². The van der Waals surface area contributed by atoms with Gasteiger partial charge in [-0.25, -0.2) is 4.39 Å². The maximum absolute atomic E-state index is 14.2. The minimum Gasteiger partial charge on any atom is -0.298 e. The van der Waals surface area contributed by atoms with Crippen LogP contribution in [-0.2, 0) is 0 Å². The Labute approximate surface area is 107 Å². The fourth-order valence-electron chi connectivity index (χ4n) is 2.39. The van der Waals surface area contributed by atoms with E-state index in [1.165, 1.54) is 0 Å². The lowest BCUT2D eigenvalue weighted by molar-refractivity contribution is -0.778. The number of H-pyrrole nitrogens is 1. The molecule has 0 spiro atoms. The first-order valence-corrected chi connectivity index (χ1v) is 6.51. The molecular formula is C12H20ClFN3+. The van der Waals surface area contributed by atoms with Gasteiger partial charge in [0.2, 0.25) is 6.04 Å². The zero-order chi connectivity index (χ0) is 12.6. The van der Waals surface area contributed by atoms with Gasteiger partial charge in [0.25, 0.3) is 0 Å². The molecule has 2 heterocycles. The molecule has 0 aliphatic carbocycles. The third-order valence-electron chi connectivity index (χ3n) is 3.56. The Kier molecular flexibility index (Phi) is 3.73. The van der Waals surface area contributed by atoms with Gasteiger partial charge in [-0.05, 0) is 32.4 Å². The predicted octanol–water partition coefficient (Wildman–Crippen LogP) is 2.26. The Morgan fingerprint density at radius 3 is 2.76 bits per heavy atom. The van der Waals surface area contributed by atoms with Gasteiger partial charge < -0.3 is 0 Å². The Bertz CT molecular complexity index is 391. The summed E-state index contributed by atoms with van der Waals surface area (Å²) in [6, 6.07) is 0.242. The van der Waals surface area contributed by atoms with Crippen LogP contribution in [0.4, 0.5) is 4.39 Å². The van der Waals surface area contributed by atoms with Crippen molar-refractivity contribution in [3.8, 4) is 0 Å². The van der Waals surface area contributed by atoms with Crippen molar-refractivity contribution in [2.75, 3.05) is 13.1 Å². The SMILES string of the molecule is Cc1c[nH][n+]([C@H]2CCN(C(C)C)C[C@@H]2F)c1Cl. The summed E-state index contributed by atoms with van der Waals surface area (Å²) in [5, 5.41) is 3.67. The molecule has 96 valence electrons. The number of alkyl halides is 1. The molecule has 3 nitrogen and oxygen atoms in total. The molecule has 0 unspecified atom stereocenters. The zero-order valence-electron chi connectivity index (χ0n) is 10.6. The second kappa shape index (κ2) is 4.94. The van der Waals surface area contributed by atoms with Crippen LogP contribution in [-0.4, -0.2) is 35.3 Å². The van der Waals surface area contributed by atoms with Crippen LogP contribution in [0.3, 0.4) is 0 Å². The molecule has 17 heavy (non-hydrogen) atoms. The van der Waals surface area contributed by atoms with Crippen LogP contribution in [0.25, 0.3) is 0 Å². The number of rotatable bonds is 2. The molecule has 0 aromatic carbocycles. The van der Waals surface area contributed by atoms with Gasteiger partial charge in [0.15, 0.2) is 6.17 Å². The van der Waals surface area contributed by atoms with E-state index in [2.05, 4.69) is 23.8 Å². The molecule has 1 aliphatic heterocycles. The number of piperidine rings is 1. The molecule has 0 saturated carbocycles. The van der Waals surface area contributed by atoms with Gasteiger partial charge >= 0.3 is 5.15 Å². The summed E-state index contributed by atoms with van der Waals surface area (Å²) in [6.07, 6.45) is 1.75. The summed E-state index contributed by atoms with van der Waals surface area (Å²) >= 11 is 6.16. The normalized spacial score (nSPS) is 26.7. The minimum atomic E-state index is -0.869. The first-order chi connectivity index (χ1) is 8.00. The molecule has 1 aromatic heterocycles. The van der Waals surface area contributed by atoms with Crippen LogP contribution in [0.15, 0.2) is 6.20 Å². The van der Waals surface area contributed by atoms with E-state index in [1.807, 2.05) is 13.1 Å². The highest BCUT2D eigenvalue weighted by Crippen LogP contribution is 2.24. The fraction of sp³-hybridized carbons (Fsp3) is 0.750. The van der Waals surface area contributed by atoms with E-state index in [0.29, 0.717) is 17.7 Å². The molecule has 1 aliphatic rings. The molecule has 1 aromatic rings. The number of aromatic nitrogens is 2. The van der Waals surface area contributed by atoms with Gasteiger partial charge in [0.05, 0.1) is 11.8 Å². The van der Waals surface area contributed by atoms with Crippen LogP contribution in [0, 0.1) is 6.92 Å². The summed E-state index contributed by atoms with van der Waals surface area (Å²) < 4.78 is 16.0. The molecule has 1 fully saturated rings. The highest BCUT2D eigenvalue weighted by atomic mass is 35.5. The van der Waals surface area contributed by atoms with Crippen molar-refractivity contribution in [2.24, 2.45) is 0 Å². The minimum absolute atomic E-state index is 0.161. The second-order valence-electron chi connectivity index (χ2n) is 5.08. The number of hydrogen-bond donors (Lipinski definition) is 1. The highest BCUT2D eigenvalue weighted by Gasteiger charge is 2.39. The number of aromatic amines is 1. The summed E-state index contributed by atoms with van der Waals surface area (Å²) in [5.41, 5.74) is 0.963. The molecule has 5 heteroatoms. The van der Waals surface area contributed by atoms with Crippen molar-refractivity contribution in [1.29, 1.82) is 0 Å². The summed E-state index contributed by atoms with van der Waals surface area (Å²) in [4.78, 5) is 2.17. The highest BCUT2D eigenvalue weighted by molar-refractivity contribution is 6.29. The van der Waals surface area contributed by atoms with E-state index in [0.717, 1.165) is 18.5 Å². The van der Waals surface area contributed by atoms with E-state index in [4.69, 9.17) is 11.6 Å². The van der Waals surface area contributed by atoms with Gasteiger partial charge in [-0.15, -0.1) is 0 Å². The van der Waals surface area contributed by atoms with Crippen LogP contribution in [0.1, 0.15) is 31.9 Å². The Hall–Kier alpha value is -0.610. The first-order valence-electron chi connectivity index (χ1n) is 6.14. The van der Waals surface area contributed by atoms with E-state index < -0.39 is 6.17 Å². The Morgan fingerprint density at radius 2 is 2.29 bits per heavy atom. The predicted molar refractivity (Wildman–Crippen MR) is 66.0 cm³/mol. The van der Waals surface area contributed by atoms with Crippen LogP contribution >= 0.6 is 11.6 Å². The number of aryl methyl sites for hydroxylation is 1. The van der Waals surface area contributed by atoms with Crippen molar-refractivity contribution in [3.05, 3.63) is 16.9 Å². The first kappa shape index (κ1) is 12.8. The van der Waals surface area contributed by atoms with Crippen molar-refractivity contribution in [1.82, 2.24) is 10.00 Å². The monoisotopic (exact) mass is 260 g/mol. The number of nitrogens with one attached hydrogen (secondary N) is 1. The molecule has 1 saturated heterocycles.